The molecule has 0 aromatic heterocycles. The van der Waals surface area contributed by atoms with E-state index >= 15 is 0 Å². The van der Waals surface area contributed by atoms with Crippen LogP contribution in [-0.2, 0) is 14.4 Å². The van der Waals surface area contributed by atoms with Crippen molar-refractivity contribution in [1.29, 1.82) is 0 Å². The van der Waals surface area contributed by atoms with Gasteiger partial charge in [-0.1, -0.05) is 23.9 Å². The van der Waals surface area contributed by atoms with Gasteiger partial charge in [-0.2, -0.15) is 0 Å². The Morgan fingerprint density at radius 1 is 1.31 bits per heavy atom. The molecule has 136 valence electrons. The lowest BCUT2D eigenvalue weighted by atomic mass is 9.92. The highest BCUT2D eigenvalue weighted by Gasteiger charge is 2.45. The molecular formula is C18H16F2N2O4. The molecule has 8 heteroatoms. The van der Waals surface area contributed by atoms with Crippen LogP contribution in [0.1, 0.15) is 18.4 Å². The third kappa shape index (κ3) is 3.35. The number of nitrogens with one attached hydrogen (secondary N) is 1. The van der Waals surface area contributed by atoms with E-state index in [1.54, 1.807) is 6.08 Å². The number of halogens is 2. The lowest BCUT2D eigenvalue weighted by molar-refractivity contribution is -0.141. The lowest BCUT2D eigenvalue weighted by Gasteiger charge is -2.23. The normalized spacial score (nSPS) is 26.9. The molecule has 3 atom stereocenters. The summed E-state index contributed by atoms with van der Waals surface area (Å²) in [5.74, 6) is -3.71. The summed E-state index contributed by atoms with van der Waals surface area (Å²) in [7, 11) is 0. The fourth-order valence-electron chi connectivity index (χ4n) is 2.93. The third-order valence-electron chi connectivity index (χ3n) is 4.38. The van der Waals surface area contributed by atoms with Crippen molar-refractivity contribution in [1.82, 2.24) is 5.32 Å². The van der Waals surface area contributed by atoms with E-state index in [0.29, 0.717) is 0 Å². The number of amides is 1. The molecule has 0 fully saturated rings. The Bertz CT molecular complexity index is 816. The van der Waals surface area contributed by atoms with Gasteiger partial charge >= 0.3 is 5.97 Å². The van der Waals surface area contributed by atoms with Crippen molar-refractivity contribution in [2.75, 3.05) is 0 Å². The number of oxime groups is 1. The van der Waals surface area contributed by atoms with Crippen LogP contribution in [0.15, 0.2) is 48.2 Å². The van der Waals surface area contributed by atoms with E-state index in [9.17, 15) is 18.4 Å². The number of carboxylic acids is 1. The molecule has 0 bridgehead atoms. The molecule has 3 rings (SSSR count). The van der Waals surface area contributed by atoms with Crippen molar-refractivity contribution in [3.05, 3.63) is 60.2 Å². The number of benzene rings is 1. The van der Waals surface area contributed by atoms with Crippen molar-refractivity contribution < 1.29 is 28.3 Å². The Kier molecular flexibility index (Phi) is 4.58. The average Bonchev–Trinajstić information content (AvgIpc) is 3.21. The van der Waals surface area contributed by atoms with Gasteiger partial charge in [-0.3, -0.25) is 9.59 Å². The molecule has 0 radical (unpaired) electrons. The van der Waals surface area contributed by atoms with Gasteiger partial charge in [0, 0.05) is 24.1 Å². The number of nitrogens with zero attached hydrogens (tertiary/aromatic N) is 1. The largest absolute Gasteiger partial charge is 0.481 e. The van der Waals surface area contributed by atoms with Crippen LogP contribution in [0.25, 0.3) is 0 Å². The van der Waals surface area contributed by atoms with Gasteiger partial charge in [0.2, 0.25) is 5.60 Å². The van der Waals surface area contributed by atoms with Crippen LogP contribution in [0.5, 0.6) is 0 Å². The Hall–Kier alpha value is -3.03. The highest BCUT2D eigenvalue weighted by Crippen LogP contribution is 2.30. The molecule has 1 aliphatic heterocycles. The van der Waals surface area contributed by atoms with Crippen LogP contribution in [0.3, 0.4) is 0 Å². The SMILES string of the molecule is C=CC1(C(=O)NC2C=CC(C(=O)O)C2)CC(c2cc(F)cc(F)c2)=NO1. The van der Waals surface area contributed by atoms with Gasteiger partial charge in [0.05, 0.1) is 11.6 Å². The summed E-state index contributed by atoms with van der Waals surface area (Å²) in [5.41, 5.74) is -1.14. The van der Waals surface area contributed by atoms with Crippen LogP contribution in [-0.4, -0.2) is 34.3 Å². The van der Waals surface area contributed by atoms with Gasteiger partial charge in [0.25, 0.3) is 5.91 Å². The molecule has 3 unspecified atom stereocenters. The highest BCUT2D eigenvalue weighted by atomic mass is 19.1. The number of hydrogen-bond donors (Lipinski definition) is 2. The molecule has 2 N–H and O–H groups in total. The van der Waals surface area contributed by atoms with E-state index in [4.69, 9.17) is 9.94 Å². The molecule has 1 amide bonds. The van der Waals surface area contributed by atoms with Crippen LogP contribution in [0, 0.1) is 17.6 Å². The monoisotopic (exact) mass is 362 g/mol. The van der Waals surface area contributed by atoms with Gasteiger partial charge in [0.15, 0.2) is 0 Å². The smallest absolute Gasteiger partial charge is 0.310 e. The molecule has 26 heavy (non-hydrogen) atoms. The molecule has 2 aliphatic rings. The molecule has 1 aliphatic carbocycles. The van der Waals surface area contributed by atoms with Crippen LogP contribution >= 0.6 is 0 Å². The number of hydrogen-bond acceptors (Lipinski definition) is 4. The molecular weight excluding hydrogens is 346 g/mol. The molecule has 0 saturated heterocycles. The Morgan fingerprint density at radius 2 is 2.00 bits per heavy atom. The van der Waals surface area contributed by atoms with Crippen molar-refractivity contribution in [2.45, 2.75) is 24.5 Å². The maximum atomic E-state index is 13.4. The molecule has 1 heterocycles. The Morgan fingerprint density at radius 3 is 2.58 bits per heavy atom. The molecule has 1 aromatic carbocycles. The minimum absolute atomic E-state index is 0.0516. The molecule has 1 aromatic rings. The van der Waals surface area contributed by atoms with Gasteiger partial charge in [-0.15, -0.1) is 0 Å². The quantitative estimate of drug-likeness (QED) is 0.786. The second-order valence-corrected chi connectivity index (χ2v) is 6.20. The predicted molar refractivity (Wildman–Crippen MR) is 88.3 cm³/mol. The van der Waals surface area contributed by atoms with Gasteiger partial charge in [0.1, 0.15) is 11.6 Å². The maximum absolute atomic E-state index is 13.4. The fraction of sp³-hybridized carbons (Fsp3) is 0.278. The van der Waals surface area contributed by atoms with Crippen molar-refractivity contribution in [3.63, 3.8) is 0 Å². The number of carbonyl (C=O) groups is 2. The Labute approximate surface area is 147 Å². The fourth-order valence-corrected chi connectivity index (χ4v) is 2.93. The van der Waals surface area contributed by atoms with Gasteiger partial charge < -0.3 is 15.3 Å². The second kappa shape index (κ2) is 6.70. The van der Waals surface area contributed by atoms with Crippen LogP contribution in [0.4, 0.5) is 8.78 Å². The van der Waals surface area contributed by atoms with E-state index in [2.05, 4.69) is 17.1 Å². The maximum Gasteiger partial charge on any atom is 0.310 e. The Balaban J connectivity index is 1.71. The average molecular weight is 362 g/mol. The molecule has 0 saturated carbocycles. The van der Waals surface area contributed by atoms with E-state index < -0.39 is 41.1 Å². The number of carboxylic acid groups (broad SMARTS) is 1. The minimum atomic E-state index is -1.52. The van der Waals surface area contributed by atoms with E-state index in [1.165, 1.54) is 12.2 Å². The van der Waals surface area contributed by atoms with E-state index in [1.807, 2.05) is 0 Å². The lowest BCUT2D eigenvalue weighted by Crippen LogP contribution is -2.48. The highest BCUT2D eigenvalue weighted by molar-refractivity contribution is 6.06. The van der Waals surface area contributed by atoms with Crippen LogP contribution in [0.2, 0.25) is 0 Å². The standard InChI is InChI=1S/C18H16F2N2O4/c1-2-18(17(25)21-14-4-3-10(7-14)16(23)24)9-15(22-26-18)11-5-12(19)8-13(20)6-11/h2-6,8,10,14H,1,7,9H2,(H,21,25)(H,23,24). The van der Waals surface area contributed by atoms with Crippen molar-refractivity contribution >= 4 is 17.6 Å². The van der Waals surface area contributed by atoms with Gasteiger partial charge in [-0.05, 0) is 24.6 Å². The summed E-state index contributed by atoms with van der Waals surface area (Å²) in [4.78, 5) is 28.9. The first-order chi connectivity index (χ1) is 12.3. The van der Waals surface area contributed by atoms with E-state index in [-0.39, 0.29) is 24.1 Å². The number of aliphatic carboxylic acids is 1. The number of rotatable bonds is 5. The molecule has 0 spiro atoms. The summed E-state index contributed by atoms with van der Waals surface area (Å²) in [6.45, 7) is 3.60. The summed E-state index contributed by atoms with van der Waals surface area (Å²) in [6.07, 6.45) is 4.57. The summed E-state index contributed by atoms with van der Waals surface area (Å²) < 4.78 is 26.8. The zero-order chi connectivity index (χ0) is 18.9. The summed E-state index contributed by atoms with van der Waals surface area (Å²) in [5, 5.41) is 15.5. The molecule has 6 nitrogen and oxygen atoms in total. The first-order valence-corrected chi connectivity index (χ1v) is 7.90. The zero-order valence-corrected chi connectivity index (χ0v) is 13.6. The first kappa shape index (κ1) is 17.8. The summed E-state index contributed by atoms with van der Waals surface area (Å²) in [6, 6.07) is 2.47. The zero-order valence-electron chi connectivity index (χ0n) is 13.6. The number of carbonyl (C=O) groups excluding carboxylic acids is 1. The van der Waals surface area contributed by atoms with Crippen LogP contribution < -0.4 is 5.32 Å². The van der Waals surface area contributed by atoms with Crippen molar-refractivity contribution in [2.24, 2.45) is 11.1 Å². The summed E-state index contributed by atoms with van der Waals surface area (Å²) >= 11 is 0. The topological polar surface area (TPSA) is 88.0 Å². The minimum Gasteiger partial charge on any atom is -0.481 e. The van der Waals surface area contributed by atoms with Crippen molar-refractivity contribution in [3.8, 4) is 0 Å². The predicted octanol–water partition coefficient (Wildman–Crippen LogP) is 2.16. The van der Waals surface area contributed by atoms with Gasteiger partial charge in [-0.25, -0.2) is 8.78 Å². The first-order valence-electron chi connectivity index (χ1n) is 7.90. The van der Waals surface area contributed by atoms with E-state index in [0.717, 1.165) is 18.2 Å². The third-order valence-corrected chi connectivity index (χ3v) is 4.38. The second-order valence-electron chi connectivity index (χ2n) is 6.20.